The Bertz CT molecular complexity index is 909. The summed E-state index contributed by atoms with van der Waals surface area (Å²) < 4.78 is 23.7. The van der Waals surface area contributed by atoms with Crippen LogP contribution in [0.5, 0.6) is 5.75 Å². The normalized spacial score (nSPS) is 15.1. The number of hydrogen-bond donors (Lipinski definition) is 0. The first-order valence-electron chi connectivity index (χ1n) is 10.9. The van der Waals surface area contributed by atoms with Gasteiger partial charge in [-0.05, 0) is 52.7 Å². The minimum atomic E-state index is -0.511. The Morgan fingerprint density at radius 1 is 1.19 bits per heavy atom. The van der Waals surface area contributed by atoms with Crippen LogP contribution >= 0.6 is 0 Å². The number of carbonyl (C=O) groups excluding carboxylic acids is 2. The molecule has 0 bridgehead atoms. The van der Waals surface area contributed by atoms with Gasteiger partial charge in [-0.3, -0.25) is 4.79 Å². The van der Waals surface area contributed by atoms with Crippen LogP contribution in [0.15, 0.2) is 18.2 Å². The molecule has 2 aromatic rings. The molecule has 0 amide bonds. The number of aromatic nitrogens is 2. The Morgan fingerprint density at radius 2 is 1.94 bits per heavy atom. The van der Waals surface area contributed by atoms with Crippen LogP contribution in [0, 0.1) is 0 Å². The fraction of sp³-hybridized carbons (Fsp3) is 0.609. The van der Waals surface area contributed by atoms with Crippen LogP contribution in [-0.4, -0.2) is 53.5 Å². The number of nitrogens with zero attached hydrogens (tertiary/aromatic N) is 2. The van der Waals surface area contributed by atoms with Gasteiger partial charge in [0.25, 0.3) is 0 Å². The van der Waals surface area contributed by atoms with Crippen LogP contribution in [0.4, 0.5) is 0 Å². The van der Waals surface area contributed by atoms with Crippen molar-refractivity contribution in [1.82, 2.24) is 9.55 Å². The van der Waals surface area contributed by atoms with Gasteiger partial charge in [0.2, 0.25) is 0 Å². The fourth-order valence-corrected chi connectivity index (χ4v) is 3.69. The van der Waals surface area contributed by atoms with Crippen molar-refractivity contribution in [2.45, 2.75) is 65.0 Å². The molecule has 0 aliphatic carbocycles. The summed E-state index contributed by atoms with van der Waals surface area (Å²) in [6.07, 6.45) is 2.49. The van der Waals surface area contributed by atoms with Gasteiger partial charge in [-0.25, -0.2) is 9.78 Å². The minimum Gasteiger partial charge on any atom is -0.482 e. The Labute approximate surface area is 182 Å². The first-order valence-corrected chi connectivity index (χ1v) is 10.9. The van der Waals surface area contributed by atoms with Crippen LogP contribution < -0.4 is 4.74 Å². The van der Waals surface area contributed by atoms with Crippen LogP contribution in [0.1, 0.15) is 58.8 Å². The molecule has 0 N–H and O–H groups in total. The predicted molar refractivity (Wildman–Crippen MR) is 115 cm³/mol. The van der Waals surface area contributed by atoms with Crippen molar-refractivity contribution in [3.05, 3.63) is 24.0 Å². The average molecular weight is 433 g/mol. The van der Waals surface area contributed by atoms with Crippen molar-refractivity contribution in [2.24, 2.45) is 0 Å². The number of aryl methyl sites for hydroxylation is 1. The second kappa shape index (κ2) is 10.1. The Morgan fingerprint density at radius 3 is 2.61 bits per heavy atom. The third-order valence-electron chi connectivity index (χ3n) is 4.92. The third-order valence-corrected chi connectivity index (χ3v) is 4.92. The largest absolute Gasteiger partial charge is 0.482 e. The molecule has 0 saturated carbocycles. The maximum absolute atomic E-state index is 12.2. The van der Waals surface area contributed by atoms with Gasteiger partial charge in [-0.2, -0.15) is 0 Å². The zero-order valence-electron chi connectivity index (χ0n) is 18.8. The van der Waals surface area contributed by atoms with Gasteiger partial charge < -0.3 is 23.5 Å². The molecule has 1 saturated heterocycles. The summed E-state index contributed by atoms with van der Waals surface area (Å²) in [4.78, 5) is 28.7. The molecule has 1 aromatic heterocycles. The number of fused-ring (bicyclic) bond motifs is 1. The highest BCUT2D eigenvalue weighted by molar-refractivity contribution is 5.79. The number of hydrogen-bond acceptors (Lipinski definition) is 7. The number of benzene rings is 1. The van der Waals surface area contributed by atoms with Crippen LogP contribution in [-0.2, 0) is 30.2 Å². The molecule has 2 heterocycles. The molecule has 0 radical (unpaired) electrons. The van der Waals surface area contributed by atoms with Gasteiger partial charge in [0.1, 0.15) is 17.2 Å². The number of esters is 2. The summed E-state index contributed by atoms with van der Waals surface area (Å²) in [5.41, 5.74) is 1.24. The van der Waals surface area contributed by atoms with Crippen LogP contribution in [0.25, 0.3) is 11.0 Å². The molecule has 0 unspecified atom stereocenters. The summed E-state index contributed by atoms with van der Waals surface area (Å²) in [5, 5.41) is 0. The maximum Gasteiger partial charge on any atom is 0.344 e. The topological polar surface area (TPSA) is 88.9 Å². The number of rotatable bonds is 8. The van der Waals surface area contributed by atoms with Gasteiger partial charge in [0.15, 0.2) is 6.61 Å². The molecule has 8 nitrogen and oxygen atoms in total. The summed E-state index contributed by atoms with van der Waals surface area (Å²) in [5.74, 6) is 0.776. The Kier molecular flexibility index (Phi) is 7.54. The predicted octanol–water partition coefficient (Wildman–Crippen LogP) is 3.60. The molecule has 0 spiro atoms. The zero-order valence-corrected chi connectivity index (χ0v) is 18.8. The zero-order chi connectivity index (χ0) is 22.4. The van der Waals surface area contributed by atoms with Crippen molar-refractivity contribution < 1.29 is 28.5 Å². The first kappa shape index (κ1) is 23.1. The standard InChI is InChI=1S/C23H32N2O6/c1-5-29-22(27)15-30-17-6-7-18-19(14-17)25(16-10-12-28-13-11-16)20(24-18)8-9-21(26)31-23(2,3)4/h6-7,14,16H,5,8-13,15H2,1-4H3. The van der Waals surface area contributed by atoms with E-state index >= 15 is 0 Å². The summed E-state index contributed by atoms with van der Waals surface area (Å²) in [7, 11) is 0. The monoisotopic (exact) mass is 432 g/mol. The molecule has 1 fully saturated rings. The van der Waals surface area contributed by atoms with E-state index in [0.717, 1.165) is 29.7 Å². The van der Waals surface area contributed by atoms with Gasteiger partial charge in [0.05, 0.1) is 24.1 Å². The van der Waals surface area contributed by atoms with Crippen molar-refractivity contribution >= 4 is 23.0 Å². The lowest BCUT2D eigenvalue weighted by Crippen LogP contribution is -2.25. The molecule has 8 heteroatoms. The highest BCUT2D eigenvalue weighted by Gasteiger charge is 2.23. The molecular weight excluding hydrogens is 400 g/mol. The molecule has 3 rings (SSSR count). The second-order valence-electron chi connectivity index (χ2n) is 8.57. The lowest BCUT2D eigenvalue weighted by atomic mass is 10.1. The van der Waals surface area contributed by atoms with E-state index in [1.807, 2.05) is 32.9 Å². The quantitative estimate of drug-likeness (QED) is 0.589. The molecule has 1 aliphatic rings. The highest BCUT2D eigenvalue weighted by Crippen LogP contribution is 2.31. The number of ether oxygens (including phenoxy) is 4. The van der Waals surface area contributed by atoms with E-state index in [0.29, 0.717) is 32.0 Å². The first-order chi connectivity index (χ1) is 14.8. The summed E-state index contributed by atoms with van der Waals surface area (Å²) >= 11 is 0. The van der Waals surface area contributed by atoms with Gasteiger partial charge in [-0.1, -0.05) is 0 Å². The summed E-state index contributed by atoms with van der Waals surface area (Å²) in [6, 6.07) is 5.80. The van der Waals surface area contributed by atoms with Gasteiger partial charge in [-0.15, -0.1) is 0 Å². The van der Waals surface area contributed by atoms with Crippen molar-refractivity contribution in [1.29, 1.82) is 0 Å². The lowest BCUT2D eigenvalue weighted by molar-refractivity contribution is -0.154. The third kappa shape index (κ3) is 6.43. The molecule has 1 aromatic carbocycles. The van der Waals surface area contributed by atoms with Gasteiger partial charge in [0, 0.05) is 31.7 Å². The Balaban J connectivity index is 1.84. The van der Waals surface area contributed by atoms with E-state index in [1.165, 1.54) is 0 Å². The number of imidazole rings is 1. The lowest BCUT2D eigenvalue weighted by Gasteiger charge is -2.26. The molecule has 0 atom stereocenters. The molecule has 1 aliphatic heterocycles. The van der Waals surface area contributed by atoms with Crippen LogP contribution in [0.3, 0.4) is 0 Å². The smallest absolute Gasteiger partial charge is 0.344 e. The van der Waals surface area contributed by atoms with Crippen molar-refractivity contribution in [3.63, 3.8) is 0 Å². The molecular formula is C23H32N2O6. The molecule has 170 valence electrons. The second-order valence-corrected chi connectivity index (χ2v) is 8.57. The fourth-order valence-electron chi connectivity index (χ4n) is 3.69. The highest BCUT2D eigenvalue weighted by atomic mass is 16.6. The van der Waals surface area contributed by atoms with E-state index in [-0.39, 0.29) is 25.0 Å². The van der Waals surface area contributed by atoms with E-state index in [9.17, 15) is 9.59 Å². The number of carbonyl (C=O) groups is 2. The van der Waals surface area contributed by atoms with E-state index < -0.39 is 11.6 Å². The molecule has 31 heavy (non-hydrogen) atoms. The average Bonchev–Trinajstić information content (AvgIpc) is 3.08. The van der Waals surface area contributed by atoms with E-state index in [1.54, 1.807) is 13.0 Å². The van der Waals surface area contributed by atoms with E-state index in [2.05, 4.69) is 4.57 Å². The van der Waals surface area contributed by atoms with E-state index in [4.69, 9.17) is 23.9 Å². The maximum atomic E-state index is 12.2. The summed E-state index contributed by atoms with van der Waals surface area (Å²) in [6.45, 7) is 8.90. The Hall–Kier alpha value is -2.61. The SMILES string of the molecule is CCOC(=O)COc1ccc2nc(CCC(=O)OC(C)(C)C)n(C3CCOCC3)c2c1. The van der Waals surface area contributed by atoms with Crippen LogP contribution in [0.2, 0.25) is 0 Å². The van der Waals surface area contributed by atoms with Crippen molar-refractivity contribution in [2.75, 3.05) is 26.4 Å². The van der Waals surface area contributed by atoms with Gasteiger partial charge >= 0.3 is 11.9 Å². The van der Waals surface area contributed by atoms with Crippen molar-refractivity contribution in [3.8, 4) is 5.75 Å². The minimum absolute atomic E-state index is 0.143.